The third kappa shape index (κ3) is 47.6. The fourth-order valence-corrected chi connectivity index (χ4v) is 16.5. The summed E-state index contributed by atoms with van der Waals surface area (Å²) in [4.78, 5) is 66.4. The van der Waals surface area contributed by atoms with Crippen molar-refractivity contribution in [2.75, 3.05) is 26.4 Å². The van der Waals surface area contributed by atoms with Crippen LogP contribution in [0.25, 0.3) is 0 Å². The number of phosphoric ester groups is 1. The Bertz CT molecular complexity index is 2400. The second-order valence-corrected chi connectivity index (χ2v) is 34.9. The van der Waals surface area contributed by atoms with Gasteiger partial charge in [-0.2, -0.15) is 0 Å². The SMILES string of the molecule is CCCCCCCCCCCCCCCC(=O)OC[C@H]1O[C@H](O[C@H]2[C@H](OP(=O)(O)OC[C@@H](COC(=O)CCCCCCCC[C@@H](C)CCCCCCCC)OC(=O)CCCCCCCCCCCCCCC)[C@H](O[C@H]3O[C@H](CO)[C@@H](O)[C@H](O)[C@@H]3O)[C@H](O)[C@@H](O)[C@@H]2OC(=O)CCCCCCCCCCCCCCC)[C@@H](O)[C@@H](O)[C@@H]1O. The zero-order valence-electron chi connectivity index (χ0n) is 71.6. The molecule has 2 saturated heterocycles. The molecule has 0 radical (unpaired) electrons. The maximum atomic E-state index is 14.9. The summed E-state index contributed by atoms with van der Waals surface area (Å²) in [6.07, 6.45) is 21.2. The number of hydrogen-bond acceptors (Lipinski definition) is 24. The van der Waals surface area contributed by atoms with Gasteiger partial charge in [-0.3, -0.25) is 28.2 Å². The highest BCUT2D eigenvalue weighted by molar-refractivity contribution is 7.47. The van der Waals surface area contributed by atoms with Crippen molar-refractivity contribution in [2.24, 2.45) is 5.92 Å². The summed E-state index contributed by atoms with van der Waals surface area (Å²) in [5, 5.41) is 102. The predicted octanol–water partition coefficient (Wildman–Crippen LogP) is 16.5. The van der Waals surface area contributed by atoms with E-state index in [9.17, 15) is 74.6 Å². The number of unbranched alkanes of at least 4 members (excludes halogenated alkanes) is 46. The van der Waals surface area contributed by atoms with Crippen molar-refractivity contribution in [1.82, 2.24) is 0 Å². The molecule has 2 heterocycles. The number of esters is 4. The number of carbonyl (C=O) groups is 4. The lowest BCUT2D eigenvalue weighted by Gasteiger charge is -2.50. The van der Waals surface area contributed by atoms with Crippen molar-refractivity contribution in [3.05, 3.63) is 0 Å². The van der Waals surface area contributed by atoms with E-state index in [-0.39, 0.29) is 25.7 Å². The Kier molecular flexibility index (Phi) is 62.2. The van der Waals surface area contributed by atoms with Crippen LogP contribution in [0.5, 0.6) is 0 Å². The fraction of sp³-hybridized carbons (Fsp3) is 0.955. The van der Waals surface area contributed by atoms with Gasteiger partial charge in [-0.25, -0.2) is 4.57 Å². The number of rotatable bonds is 74. The number of phosphoric acid groups is 1. The highest BCUT2D eigenvalue weighted by Gasteiger charge is 2.60. The monoisotopic (exact) mass is 1650 g/mol. The van der Waals surface area contributed by atoms with Crippen LogP contribution in [0.2, 0.25) is 0 Å². The summed E-state index contributed by atoms with van der Waals surface area (Å²) in [5.41, 5.74) is 0. The molecule has 114 heavy (non-hydrogen) atoms. The first-order valence-corrected chi connectivity index (χ1v) is 47.7. The quantitative estimate of drug-likeness (QED) is 0.0117. The molecule has 19 atom stereocenters. The molecular weight excluding hydrogens is 1490 g/mol. The van der Waals surface area contributed by atoms with Gasteiger partial charge in [0.05, 0.1) is 13.2 Å². The topological polar surface area (TPSA) is 380 Å². The minimum atomic E-state index is -5.80. The Hall–Kier alpha value is -2.53. The standard InChI is InChI=1S/C88H165O25P/c1-6-10-14-18-22-25-28-31-34-37-40-47-54-60-72(91)105-66-70-76(95)78(97)82(101)88(109-70)112-85-83(110-74(93)62-56-50-42-39-36-33-30-27-24-20-16-12-8-3)79(98)80(99)84(111-87-81(100)77(96)75(94)69(63-89)108-87)86(85)113-114(102,103)106-65-68(107-73(92)61-55-49-41-38-35-32-29-26-23-19-15-11-7-2)64-104-71(90)59-53-48-44-43-46-52-58-67(5)57-51-45-21-17-13-9-4/h67-70,75-89,94-101H,6-66H2,1-5H3,(H,102,103)/t67-,68+,69+,70+,75+,76+,77-,78-,79+,80+,81-,82-,83-,84+,85+,86+,87+,88+/m0/s1. The maximum Gasteiger partial charge on any atom is 0.472 e. The Morgan fingerprint density at radius 3 is 1.04 bits per heavy atom. The molecule has 0 aromatic rings. The Morgan fingerprint density at radius 1 is 0.342 bits per heavy atom. The van der Waals surface area contributed by atoms with E-state index in [0.29, 0.717) is 38.0 Å². The van der Waals surface area contributed by atoms with Gasteiger partial charge in [0.15, 0.2) is 24.8 Å². The summed E-state index contributed by atoms with van der Waals surface area (Å²) in [5.74, 6) is -2.26. The van der Waals surface area contributed by atoms with Crippen molar-refractivity contribution < 1.29 is 122 Å². The van der Waals surface area contributed by atoms with Gasteiger partial charge in [0.2, 0.25) is 0 Å². The molecule has 0 aromatic heterocycles. The molecule has 672 valence electrons. The Balaban J connectivity index is 1.93. The van der Waals surface area contributed by atoms with Crippen molar-refractivity contribution in [2.45, 2.75) is 505 Å². The predicted molar refractivity (Wildman–Crippen MR) is 440 cm³/mol. The molecule has 3 aliphatic rings. The zero-order chi connectivity index (χ0) is 83.4. The number of hydrogen-bond donors (Lipinski definition) is 10. The molecule has 0 spiro atoms. The van der Waals surface area contributed by atoms with Crippen LogP contribution in [0.4, 0.5) is 0 Å². The van der Waals surface area contributed by atoms with Gasteiger partial charge in [-0.1, -0.05) is 349 Å². The first kappa shape index (κ1) is 106. The number of aliphatic hydroxyl groups is 9. The largest absolute Gasteiger partial charge is 0.472 e. The van der Waals surface area contributed by atoms with Gasteiger partial charge >= 0.3 is 31.7 Å². The summed E-state index contributed by atoms with van der Waals surface area (Å²) >= 11 is 0. The van der Waals surface area contributed by atoms with Crippen LogP contribution < -0.4 is 0 Å². The van der Waals surface area contributed by atoms with Crippen molar-refractivity contribution in [3.63, 3.8) is 0 Å². The molecule has 1 aliphatic carbocycles. The van der Waals surface area contributed by atoms with Gasteiger partial charge in [-0.05, 0) is 31.6 Å². The van der Waals surface area contributed by atoms with Crippen molar-refractivity contribution in [3.8, 4) is 0 Å². The summed E-state index contributed by atoms with van der Waals surface area (Å²) in [6.45, 7) is 7.93. The van der Waals surface area contributed by atoms with Crippen LogP contribution >= 0.6 is 7.82 Å². The van der Waals surface area contributed by atoms with E-state index in [1.165, 1.54) is 180 Å². The third-order valence-corrected chi connectivity index (χ3v) is 24.0. The average Bonchev–Trinajstić information content (AvgIpc) is 0.754. The molecule has 1 unspecified atom stereocenters. The molecule has 3 fully saturated rings. The minimum absolute atomic E-state index is 0.0193. The number of carbonyl (C=O) groups excluding carboxylic acids is 4. The molecule has 0 bridgehead atoms. The molecule has 2 aliphatic heterocycles. The van der Waals surface area contributed by atoms with E-state index in [4.69, 9.17) is 46.9 Å². The van der Waals surface area contributed by atoms with E-state index in [1.807, 2.05) is 0 Å². The molecule has 26 heteroatoms. The second kappa shape index (κ2) is 67.1. The molecule has 1 saturated carbocycles. The molecular formula is C88H165O25P. The molecule has 0 amide bonds. The smallest absolute Gasteiger partial charge is 0.463 e. The van der Waals surface area contributed by atoms with Gasteiger partial charge in [0.25, 0.3) is 0 Å². The minimum Gasteiger partial charge on any atom is -0.463 e. The first-order chi connectivity index (χ1) is 55.1. The fourth-order valence-electron chi connectivity index (χ4n) is 15.6. The third-order valence-electron chi connectivity index (χ3n) is 23.0. The van der Waals surface area contributed by atoms with Crippen LogP contribution in [0.1, 0.15) is 401 Å². The lowest BCUT2D eigenvalue weighted by atomic mass is 9.84. The average molecular weight is 1650 g/mol. The van der Waals surface area contributed by atoms with E-state index in [1.54, 1.807) is 0 Å². The van der Waals surface area contributed by atoms with Crippen LogP contribution in [0, 0.1) is 5.92 Å². The van der Waals surface area contributed by atoms with Gasteiger partial charge < -0.3 is 88.7 Å². The Labute approximate surface area is 687 Å². The van der Waals surface area contributed by atoms with Gasteiger partial charge in [0.1, 0.15) is 92.6 Å². The number of ether oxygens (including phenoxy) is 8. The number of aliphatic hydroxyl groups excluding tert-OH is 9. The summed E-state index contributed by atoms with van der Waals surface area (Å²) in [6, 6.07) is 0. The van der Waals surface area contributed by atoms with Gasteiger partial charge in [0, 0.05) is 25.7 Å². The molecule has 25 nitrogen and oxygen atoms in total. The van der Waals surface area contributed by atoms with E-state index >= 15 is 0 Å². The first-order valence-electron chi connectivity index (χ1n) is 46.2. The van der Waals surface area contributed by atoms with Crippen molar-refractivity contribution in [1.29, 1.82) is 0 Å². The lowest BCUT2D eigenvalue weighted by molar-refractivity contribution is -0.360. The van der Waals surface area contributed by atoms with Crippen LogP contribution in [-0.2, 0) is 70.7 Å². The molecule has 3 rings (SSSR count). The van der Waals surface area contributed by atoms with E-state index in [2.05, 4.69) is 34.6 Å². The summed E-state index contributed by atoms with van der Waals surface area (Å²) in [7, 11) is -5.80. The lowest BCUT2D eigenvalue weighted by Crippen LogP contribution is -2.70. The van der Waals surface area contributed by atoms with Crippen LogP contribution in [-0.4, -0.2) is 205 Å². The molecule has 10 N–H and O–H groups in total. The van der Waals surface area contributed by atoms with E-state index < -0.39 is 162 Å². The Morgan fingerprint density at radius 2 is 0.658 bits per heavy atom. The normalized spacial score (nSPS) is 25.6. The summed E-state index contributed by atoms with van der Waals surface area (Å²) < 4.78 is 73.4. The van der Waals surface area contributed by atoms with Crippen molar-refractivity contribution >= 4 is 31.7 Å². The molecule has 0 aromatic carbocycles. The highest BCUT2D eigenvalue weighted by Crippen LogP contribution is 2.49. The van der Waals surface area contributed by atoms with Crippen LogP contribution in [0.3, 0.4) is 0 Å². The second-order valence-electron chi connectivity index (χ2n) is 33.5. The maximum absolute atomic E-state index is 14.9. The van der Waals surface area contributed by atoms with Crippen LogP contribution in [0.15, 0.2) is 0 Å². The highest BCUT2D eigenvalue weighted by atomic mass is 31.2. The van der Waals surface area contributed by atoms with Gasteiger partial charge in [-0.15, -0.1) is 0 Å². The van der Waals surface area contributed by atoms with E-state index in [0.717, 1.165) is 128 Å². The zero-order valence-corrected chi connectivity index (χ0v) is 72.5.